The van der Waals surface area contributed by atoms with Crippen LogP contribution < -0.4 is 11.1 Å². The van der Waals surface area contributed by atoms with Gasteiger partial charge in [0.05, 0.1) is 19.1 Å². The molecule has 1 heterocycles. The van der Waals surface area contributed by atoms with Gasteiger partial charge in [-0.05, 0) is 17.5 Å². The average molecular weight is 271 g/mol. The zero-order valence-corrected chi connectivity index (χ0v) is 11.1. The summed E-state index contributed by atoms with van der Waals surface area (Å²) >= 11 is 0. The van der Waals surface area contributed by atoms with Crippen molar-refractivity contribution in [1.82, 2.24) is 10.2 Å². The number of hydrogen-bond donors (Lipinski definition) is 2. The van der Waals surface area contributed by atoms with Crippen LogP contribution in [0.3, 0.4) is 0 Å². The minimum absolute atomic E-state index is 0.115. The summed E-state index contributed by atoms with van der Waals surface area (Å²) < 4.78 is 0. The Morgan fingerprint density at radius 2 is 2.10 bits per heavy atom. The Hall–Kier alpha value is -2.32. The Bertz CT molecular complexity index is 562. The molecule has 1 aliphatic rings. The van der Waals surface area contributed by atoms with Crippen molar-refractivity contribution < 1.29 is 9.59 Å². The van der Waals surface area contributed by atoms with E-state index >= 15 is 0 Å². The molecule has 0 saturated heterocycles. The Kier molecular flexibility index (Phi) is 4.38. The molecule has 2 rings (SSSR count). The number of fused-ring (bicyclic) bond motifs is 1. The van der Waals surface area contributed by atoms with Crippen LogP contribution in [0.1, 0.15) is 11.1 Å². The fourth-order valence-electron chi connectivity index (χ4n) is 2.41. The molecule has 1 atom stereocenters. The first-order valence-electron chi connectivity index (χ1n) is 6.42. The summed E-state index contributed by atoms with van der Waals surface area (Å²) in [6.45, 7) is 0.835. The highest BCUT2D eigenvalue weighted by atomic mass is 16.2. The van der Waals surface area contributed by atoms with E-state index in [9.17, 15) is 9.59 Å². The summed E-state index contributed by atoms with van der Waals surface area (Å²) in [5, 5.41) is 2.59. The number of carbonyl (C=O) groups is 2. The maximum absolute atomic E-state index is 11.7. The van der Waals surface area contributed by atoms with Gasteiger partial charge >= 0.3 is 0 Å². The minimum Gasteiger partial charge on any atom is -0.368 e. The second kappa shape index (κ2) is 6.22. The van der Waals surface area contributed by atoms with Crippen LogP contribution in [0.2, 0.25) is 0 Å². The van der Waals surface area contributed by atoms with Crippen LogP contribution in [0.4, 0.5) is 0 Å². The first kappa shape index (κ1) is 14.1. The number of nitrogens with two attached hydrogens (primary N) is 1. The third kappa shape index (κ3) is 3.16. The number of terminal acetylenes is 1. The number of primary amides is 1. The van der Waals surface area contributed by atoms with E-state index in [0.717, 1.165) is 11.1 Å². The molecule has 0 aliphatic carbocycles. The van der Waals surface area contributed by atoms with Crippen molar-refractivity contribution in [3.8, 4) is 12.3 Å². The van der Waals surface area contributed by atoms with E-state index in [-0.39, 0.29) is 19.0 Å². The van der Waals surface area contributed by atoms with Crippen molar-refractivity contribution in [2.45, 2.75) is 19.0 Å². The van der Waals surface area contributed by atoms with Crippen molar-refractivity contribution >= 4 is 11.8 Å². The first-order chi connectivity index (χ1) is 9.61. The summed E-state index contributed by atoms with van der Waals surface area (Å²) in [6.07, 6.45) is 5.63. The molecule has 5 heteroatoms. The second-order valence-corrected chi connectivity index (χ2v) is 4.78. The highest BCUT2D eigenvalue weighted by molar-refractivity contribution is 5.83. The van der Waals surface area contributed by atoms with E-state index < -0.39 is 11.9 Å². The SMILES string of the molecule is C#CCNC(=O)CN1Cc2ccccc2C[C@H]1C(N)=O. The molecule has 1 aromatic rings. The van der Waals surface area contributed by atoms with Gasteiger partial charge in [-0.15, -0.1) is 6.42 Å². The van der Waals surface area contributed by atoms with Crippen molar-refractivity contribution in [3.63, 3.8) is 0 Å². The molecule has 2 amide bonds. The van der Waals surface area contributed by atoms with E-state index in [0.29, 0.717) is 13.0 Å². The second-order valence-electron chi connectivity index (χ2n) is 4.78. The first-order valence-corrected chi connectivity index (χ1v) is 6.42. The van der Waals surface area contributed by atoms with Gasteiger partial charge in [-0.2, -0.15) is 0 Å². The molecule has 5 nitrogen and oxygen atoms in total. The van der Waals surface area contributed by atoms with E-state index in [1.54, 1.807) is 4.90 Å². The third-order valence-corrected chi connectivity index (χ3v) is 3.41. The lowest BCUT2D eigenvalue weighted by atomic mass is 9.93. The quantitative estimate of drug-likeness (QED) is 0.735. The highest BCUT2D eigenvalue weighted by Gasteiger charge is 2.30. The van der Waals surface area contributed by atoms with Crippen LogP contribution in [0.15, 0.2) is 24.3 Å². The van der Waals surface area contributed by atoms with Gasteiger partial charge in [-0.3, -0.25) is 14.5 Å². The Morgan fingerprint density at radius 1 is 1.40 bits per heavy atom. The Balaban J connectivity index is 2.12. The summed E-state index contributed by atoms with van der Waals surface area (Å²) in [6, 6.07) is 7.41. The number of rotatable bonds is 4. The molecule has 0 unspecified atom stereocenters. The zero-order valence-electron chi connectivity index (χ0n) is 11.1. The molecule has 104 valence electrons. The number of hydrogen-bond acceptors (Lipinski definition) is 3. The maximum Gasteiger partial charge on any atom is 0.235 e. The van der Waals surface area contributed by atoms with Gasteiger partial charge in [0.1, 0.15) is 0 Å². The van der Waals surface area contributed by atoms with Gasteiger partial charge in [-0.25, -0.2) is 0 Å². The van der Waals surface area contributed by atoms with Crippen LogP contribution in [-0.4, -0.2) is 35.8 Å². The monoisotopic (exact) mass is 271 g/mol. The zero-order chi connectivity index (χ0) is 14.5. The number of nitrogens with zero attached hydrogens (tertiary/aromatic N) is 1. The smallest absolute Gasteiger partial charge is 0.235 e. The molecule has 0 aromatic heterocycles. The summed E-state index contributed by atoms with van der Waals surface area (Å²) in [7, 11) is 0. The van der Waals surface area contributed by atoms with Gasteiger partial charge < -0.3 is 11.1 Å². The molecule has 0 bridgehead atoms. The van der Waals surface area contributed by atoms with Crippen LogP contribution in [0.25, 0.3) is 0 Å². The summed E-state index contributed by atoms with van der Waals surface area (Å²) in [5.74, 6) is 1.73. The lowest BCUT2D eigenvalue weighted by Gasteiger charge is -2.34. The van der Waals surface area contributed by atoms with E-state index in [1.165, 1.54) is 0 Å². The summed E-state index contributed by atoms with van der Waals surface area (Å²) in [5.41, 5.74) is 7.67. The molecule has 1 aromatic carbocycles. The van der Waals surface area contributed by atoms with Crippen LogP contribution >= 0.6 is 0 Å². The molecule has 0 spiro atoms. The Morgan fingerprint density at radius 3 is 2.75 bits per heavy atom. The maximum atomic E-state index is 11.7. The summed E-state index contributed by atoms with van der Waals surface area (Å²) in [4.78, 5) is 25.1. The van der Waals surface area contributed by atoms with Crippen LogP contribution in [-0.2, 0) is 22.6 Å². The predicted molar refractivity (Wildman–Crippen MR) is 75.4 cm³/mol. The van der Waals surface area contributed by atoms with Gasteiger partial charge in [-0.1, -0.05) is 30.2 Å². The number of amides is 2. The topological polar surface area (TPSA) is 75.4 Å². The van der Waals surface area contributed by atoms with Crippen molar-refractivity contribution in [1.29, 1.82) is 0 Å². The van der Waals surface area contributed by atoms with Gasteiger partial charge in [0.15, 0.2) is 0 Å². The number of nitrogens with one attached hydrogen (secondary N) is 1. The van der Waals surface area contributed by atoms with Crippen LogP contribution in [0.5, 0.6) is 0 Å². The van der Waals surface area contributed by atoms with Crippen molar-refractivity contribution in [2.24, 2.45) is 5.73 Å². The third-order valence-electron chi connectivity index (χ3n) is 3.41. The van der Waals surface area contributed by atoms with E-state index in [4.69, 9.17) is 12.2 Å². The fraction of sp³-hybridized carbons (Fsp3) is 0.333. The number of benzene rings is 1. The number of carbonyl (C=O) groups excluding carboxylic acids is 2. The lowest BCUT2D eigenvalue weighted by molar-refractivity contribution is -0.127. The van der Waals surface area contributed by atoms with Crippen molar-refractivity contribution in [2.75, 3.05) is 13.1 Å². The Labute approximate surface area is 118 Å². The average Bonchev–Trinajstić information content (AvgIpc) is 2.44. The molecule has 0 saturated carbocycles. The molecule has 3 N–H and O–H groups in total. The fourth-order valence-corrected chi connectivity index (χ4v) is 2.41. The molecular weight excluding hydrogens is 254 g/mol. The largest absolute Gasteiger partial charge is 0.368 e. The molecular formula is C15H17N3O2. The standard InChI is InChI=1S/C15H17N3O2/c1-2-7-17-14(19)10-18-9-12-6-4-3-5-11(12)8-13(18)15(16)20/h1,3-6,13H,7-10H2,(H2,16,20)(H,17,19)/t13-/m0/s1. The van der Waals surface area contributed by atoms with Gasteiger partial charge in [0.25, 0.3) is 0 Å². The lowest BCUT2D eigenvalue weighted by Crippen LogP contribution is -2.51. The van der Waals surface area contributed by atoms with Crippen molar-refractivity contribution in [3.05, 3.63) is 35.4 Å². The highest BCUT2D eigenvalue weighted by Crippen LogP contribution is 2.22. The molecule has 1 aliphatic heterocycles. The molecule has 0 fully saturated rings. The minimum atomic E-state index is -0.457. The van der Waals surface area contributed by atoms with E-state index in [2.05, 4.69) is 11.2 Å². The normalized spacial score (nSPS) is 17.9. The van der Waals surface area contributed by atoms with Gasteiger partial charge in [0, 0.05) is 6.54 Å². The predicted octanol–water partition coefficient (Wildman–Crippen LogP) is -0.352. The molecule has 20 heavy (non-hydrogen) atoms. The van der Waals surface area contributed by atoms with Gasteiger partial charge in [0.2, 0.25) is 11.8 Å². The van der Waals surface area contributed by atoms with Crippen LogP contribution in [0, 0.1) is 12.3 Å². The molecule has 0 radical (unpaired) electrons. The van der Waals surface area contributed by atoms with E-state index in [1.807, 2.05) is 24.3 Å².